The number of aldehydes is 1. The molecule has 12 nitrogen and oxygen atoms in total. The average molecular weight is 702 g/mol. The number of nitrogens with zero attached hydrogens (tertiary/aromatic N) is 7. The summed E-state index contributed by atoms with van der Waals surface area (Å²) in [7, 11) is 0. The lowest BCUT2D eigenvalue weighted by molar-refractivity contribution is -0.117. The summed E-state index contributed by atoms with van der Waals surface area (Å²) in [5, 5.41) is 4.13. The summed E-state index contributed by atoms with van der Waals surface area (Å²) in [5.74, 6) is -0.768. The van der Waals surface area contributed by atoms with Crippen molar-refractivity contribution in [3.05, 3.63) is 96.6 Å². The van der Waals surface area contributed by atoms with E-state index in [1.54, 1.807) is 9.80 Å². The Balaban J connectivity index is 0.914. The van der Waals surface area contributed by atoms with Gasteiger partial charge in [0.1, 0.15) is 48.5 Å². The van der Waals surface area contributed by atoms with Gasteiger partial charge < -0.3 is 33.7 Å². The fourth-order valence-electron chi connectivity index (χ4n) is 7.19. The lowest BCUT2D eigenvalue weighted by Gasteiger charge is -2.37. The van der Waals surface area contributed by atoms with E-state index in [0.717, 1.165) is 55.6 Å². The van der Waals surface area contributed by atoms with E-state index < -0.39 is 23.5 Å². The molecule has 3 fully saturated rings. The van der Waals surface area contributed by atoms with Crippen LogP contribution >= 0.6 is 0 Å². The molecule has 0 spiro atoms. The fourth-order valence-corrected chi connectivity index (χ4v) is 7.19. The average Bonchev–Trinajstić information content (AvgIpc) is 3.88. The maximum absolute atomic E-state index is 14.9. The van der Waals surface area contributed by atoms with E-state index in [4.69, 9.17) is 14.2 Å². The van der Waals surface area contributed by atoms with Crippen molar-refractivity contribution in [1.82, 2.24) is 19.7 Å². The second kappa shape index (κ2) is 14.6. The van der Waals surface area contributed by atoms with E-state index in [1.165, 1.54) is 29.5 Å². The third-order valence-electron chi connectivity index (χ3n) is 9.72. The van der Waals surface area contributed by atoms with E-state index in [9.17, 15) is 18.4 Å². The highest BCUT2D eigenvalue weighted by molar-refractivity contribution is 5.95. The molecule has 0 saturated carbocycles. The molecule has 268 valence electrons. The van der Waals surface area contributed by atoms with Crippen molar-refractivity contribution in [3.8, 4) is 5.75 Å². The third kappa shape index (κ3) is 7.24. The van der Waals surface area contributed by atoms with Crippen LogP contribution in [-0.2, 0) is 26.4 Å². The maximum atomic E-state index is 14.9. The van der Waals surface area contributed by atoms with E-state index >= 15 is 0 Å². The van der Waals surface area contributed by atoms with Crippen LogP contribution in [0.3, 0.4) is 0 Å². The molecule has 14 heteroatoms. The summed E-state index contributed by atoms with van der Waals surface area (Å²) in [5.41, 5.74) is 1.95. The van der Waals surface area contributed by atoms with Gasteiger partial charge in [-0.1, -0.05) is 6.07 Å². The molecule has 4 heterocycles. The minimum absolute atomic E-state index is 0.0225. The van der Waals surface area contributed by atoms with Crippen LogP contribution in [0.15, 0.2) is 79.4 Å². The number of halogens is 2. The molecular weight excluding hydrogens is 660 g/mol. The monoisotopic (exact) mass is 701 g/mol. The molecule has 0 radical (unpaired) electrons. The molecule has 1 unspecified atom stereocenters. The van der Waals surface area contributed by atoms with Gasteiger partial charge in [-0.15, -0.1) is 0 Å². The number of carbonyl (C=O) groups excluding carboxylic acids is 2. The number of piperazine rings is 1. The van der Waals surface area contributed by atoms with E-state index in [2.05, 4.69) is 32.0 Å². The van der Waals surface area contributed by atoms with Crippen molar-refractivity contribution in [3.63, 3.8) is 0 Å². The predicted octanol–water partition coefficient (Wildman–Crippen LogP) is 4.84. The van der Waals surface area contributed by atoms with Gasteiger partial charge in [0.2, 0.25) is 0 Å². The minimum Gasteiger partial charge on any atom is -0.488 e. The molecule has 0 N–H and O–H groups in total. The van der Waals surface area contributed by atoms with Crippen molar-refractivity contribution < 1.29 is 32.6 Å². The first kappa shape index (κ1) is 34.4. The van der Waals surface area contributed by atoms with Gasteiger partial charge in [-0.3, -0.25) is 4.90 Å². The molecule has 1 aromatic heterocycles. The van der Waals surface area contributed by atoms with Gasteiger partial charge >= 0.3 is 6.03 Å². The van der Waals surface area contributed by atoms with E-state index in [1.807, 2.05) is 50.2 Å². The number of urea groups is 1. The molecule has 3 atom stereocenters. The lowest BCUT2D eigenvalue weighted by Crippen LogP contribution is -2.46. The number of hydrogen-bond acceptors (Lipinski definition) is 9. The van der Waals surface area contributed by atoms with E-state index in [-0.39, 0.29) is 43.4 Å². The topological polar surface area (TPSA) is 106 Å². The quantitative estimate of drug-likeness (QED) is 0.192. The van der Waals surface area contributed by atoms with Crippen LogP contribution < -0.4 is 19.4 Å². The largest absolute Gasteiger partial charge is 0.488 e. The smallest absolute Gasteiger partial charge is 0.325 e. The van der Waals surface area contributed by atoms with E-state index in [0.29, 0.717) is 18.7 Å². The maximum Gasteiger partial charge on any atom is 0.325 e. The SMILES string of the molecule is CC(C)N1C(=O)N(c2ccc(N3CCN(c4ccc(OC[C@H]5OC[C@](Cn6cncn6)(c6ccc(F)cc6F)O5)cc4)CC3)cc2)CC1CC=O. The van der Waals surface area contributed by atoms with Crippen molar-refractivity contribution in [2.24, 2.45) is 0 Å². The minimum atomic E-state index is -1.24. The van der Waals surface area contributed by atoms with Crippen LogP contribution in [0.25, 0.3) is 0 Å². The number of amides is 2. The molecule has 0 bridgehead atoms. The van der Waals surface area contributed by atoms with Crippen LogP contribution in [0.1, 0.15) is 25.8 Å². The van der Waals surface area contributed by atoms with Crippen LogP contribution in [0.2, 0.25) is 0 Å². The molecule has 51 heavy (non-hydrogen) atoms. The second-order valence-electron chi connectivity index (χ2n) is 13.3. The fraction of sp³-hybridized carbons (Fsp3) is 0.405. The number of aromatic nitrogens is 3. The Morgan fingerprint density at radius 2 is 1.63 bits per heavy atom. The first-order chi connectivity index (χ1) is 24.7. The summed E-state index contributed by atoms with van der Waals surface area (Å²) in [6.07, 6.45) is 3.31. The van der Waals surface area contributed by atoms with Gasteiger partial charge in [-0.05, 0) is 68.4 Å². The number of anilines is 3. The molecule has 4 aromatic rings. The third-order valence-corrected chi connectivity index (χ3v) is 9.72. The van der Waals surface area contributed by atoms with Gasteiger partial charge in [-0.25, -0.2) is 23.2 Å². The number of benzene rings is 3. The Bertz CT molecular complexity index is 1800. The summed E-state index contributed by atoms with van der Waals surface area (Å²) < 4.78 is 48.3. The second-order valence-corrected chi connectivity index (χ2v) is 13.3. The Morgan fingerprint density at radius 1 is 0.961 bits per heavy atom. The molecule has 3 aliphatic heterocycles. The zero-order valence-corrected chi connectivity index (χ0v) is 28.6. The van der Waals surface area contributed by atoms with Gasteiger partial charge in [0.05, 0.1) is 19.2 Å². The Morgan fingerprint density at radius 3 is 2.24 bits per heavy atom. The Hall–Kier alpha value is -5.08. The molecule has 3 saturated heterocycles. The predicted molar refractivity (Wildman–Crippen MR) is 186 cm³/mol. The van der Waals surface area contributed by atoms with Crippen molar-refractivity contribution in [1.29, 1.82) is 0 Å². The number of hydrogen-bond donors (Lipinski definition) is 0. The summed E-state index contributed by atoms with van der Waals surface area (Å²) >= 11 is 0. The first-order valence-corrected chi connectivity index (χ1v) is 17.2. The zero-order valence-electron chi connectivity index (χ0n) is 28.6. The molecule has 3 aromatic carbocycles. The Kier molecular flexibility index (Phi) is 9.87. The number of carbonyl (C=O) groups is 2. The highest BCUT2D eigenvalue weighted by Crippen LogP contribution is 2.37. The normalized spacial score (nSPS) is 22.3. The standard InChI is InChI=1S/C37H41F2N7O5/c1-26(2)46-31(13-18-47)20-45(36(46)48)30-6-4-28(5-7-30)42-14-16-43(17-15-42)29-8-10-32(11-9-29)49-21-35-50-23-37(51-35,22-44-25-40-24-41-44)33-12-3-27(38)19-34(33)39/h3-12,18-19,24-26,31,35H,13-17,20-23H2,1-2H3/t31?,35-,37+/m0/s1. The Labute approximate surface area is 295 Å². The summed E-state index contributed by atoms with van der Waals surface area (Å²) in [6.45, 7) is 8.02. The highest BCUT2D eigenvalue weighted by atomic mass is 19.1. The van der Waals surface area contributed by atoms with Gasteiger partial charge in [0.15, 0.2) is 6.29 Å². The number of rotatable bonds is 12. The summed E-state index contributed by atoms with van der Waals surface area (Å²) in [6, 6.07) is 19.2. The van der Waals surface area contributed by atoms with Crippen LogP contribution in [-0.4, -0.2) is 96.3 Å². The zero-order chi connectivity index (χ0) is 35.5. The summed E-state index contributed by atoms with van der Waals surface area (Å²) in [4.78, 5) is 36.5. The molecule has 0 aliphatic carbocycles. The van der Waals surface area contributed by atoms with Gasteiger partial charge in [0.25, 0.3) is 0 Å². The molecule has 3 aliphatic rings. The van der Waals surface area contributed by atoms with Crippen LogP contribution in [0, 0.1) is 11.6 Å². The molecular formula is C37H41F2N7O5. The molecule has 7 rings (SSSR count). The van der Waals surface area contributed by atoms with Gasteiger partial charge in [0, 0.05) is 73.9 Å². The van der Waals surface area contributed by atoms with Crippen LogP contribution in [0.5, 0.6) is 5.75 Å². The highest BCUT2D eigenvalue weighted by Gasteiger charge is 2.46. The van der Waals surface area contributed by atoms with Crippen molar-refractivity contribution in [2.45, 2.75) is 50.8 Å². The van der Waals surface area contributed by atoms with Crippen molar-refractivity contribution in [2.75, 3.05) is 60.6 Å². The van der Waals surface area contributed by atoms with Crippen molar-refractivity contribution >= 4 is 29.4 Å². The number of ether oxygens (including phenoxy) is 3. The van der Waals surface area contributed by atoms with Gasteiger partial charge in [-0.2, -0.15) is 5.10 Å². The first-order valence-electron chi connectivity index (χ1n) is 17.2. The lowest BCUT2D eigenvalue weighted by atomic mass is 9.94. The molecule has 2 amide bonds. The van der Waals surface area contributed by atoms with Crippen LogP contribution in [0.4, 0.5) is 30.6 Å².